The van der Waals surface area contributed by atoms with E-state index in [0.29, 0.717) is 6.61 Å². The van der Waals surface area contributed by atoms with Crippen LogP contribution in [-0.2, 0) is 14.2 Å². The summed E-state index contributed by atoms with van der Waals surface area (Å²) in [4.78, 5) is 0. The van der Waals surface area contributed by atoms with Crippen LogP contribution in [0.1, 0.15) is 13.8 Å². The third-order valence-corrected chi connectivity index (χ3v) is 2.59. The van der Waals surface area contributed by atoms with Gasteiger partial charge in [-0.15, -0.1) is 0 Å². The maximum absolute atomic E-state index is 9.58. The van der Waals surface area contributed by atoms with Crippen molar-refractivity contribution >= 4 is 0 Å². The summed E-state index contributed by atoms with van der Waals surface area (Å²) < 4.78 is 16.1. The number of hydrogen-bond donors (Lipinski definition) is 2. The van der Waals surface area contributed by atoms with Crippen molar-refractivity contribution < 1.29 is 24.4 Å². The van der Waals surface area contributed by atoms with Gasteiger partial charge in [0.05, 0.1) is 13.2 Å². The van der Waals surface area contributed by atoms with Crippen molar-refractivity contribution in [1.82, 2.24) is 0 Å². The number of aliphatic hydroxyl groups is 2. The fourth-order valence-electron chi connectivity index (χ4n) is 1.83. The minimum Gasteiger partial charge on any atom is -0.388 e. The molecule has 0 aromatic rings. The van der Waals surface area contributed by atoms with E-state index in [0.717, 1.165) is 0 Å². The Hall–Kier alpha value is -0.200. The van der Waals surface area contributed by atoms with Crippen LogP contribution in [0.5, 0.6) is 0 Å². The first-order valence-electron chi connectivity index (χ1n) is 4.79. The van der Waals surface area contributed by atoms with Crippen LogP contribution in [-0.4, -0.2) is 53.6 Å². The molecular weight excluding hydrogens is 188 g/mol. The largest absolute Gasteiger partial charge is 0.388 e. The van der Waals surface area contributed by atoms with Crippen LogP contribution in [0.15, 0.2) is 0 Å². The summed E-state index contributed by atoms with van der Waals surface area (Å²) in [6.07, 6.45) is -2.46. The number of aliphatic hydroxyl groups excluding tert-OH is 2. The first kappa shape index (κ1) is 10.3. The van der Waals surface area contributed by atoms with E-state index in [1.54, 1.807) is 0 Å². The molecule has 2 saturated heterocycles. The topological polar surface area (TPSA) is 68.2 Å². The van der Waals surface area contributed by atoms with Crippen molar-refractivity contribution in [3.05, 3.63) is 0 Å². The monoisotopic (exact) mass is 204 g/mol. The molecule has 0 bridgehead atoms. The molecule has 2 N–H and O–H groups in total. The Morgan fingerprint density at radius 3 is 2.36 bits per heavy atom. The minimum absolute atomic E-state index is 0.159. The van der Waals surface area contributed by atoms with Gasteiger partial charge < -0.3 is 24.4 Å². The summed E-state index contributed by atoms with van der Waals surface area (Å²) >= 11 is 0. The molecule has 5 nitrogen and oxygen atoms in total. The first-order chi connectivity index (χ1) is 6.49. The van der Waals surface area contributed by atoms with Gasteiger partial charge in [0.2, 0.25) is 0 Å². The highest BCUT2D eigenvalue weighted by Crippen LogP contribution is 2.29. The molecule has 0 aromatic carbocycles. The summed E-state index contributed by atoms with van der Waals surface area (Å²) in [6, 6.07) is 0. The standard InChI is InChI=1S/C9H16O5/c1-9(2)13-4-6(14-9)8-7(11)5(10)3-12-8/h5-8,10-11H,3-4H2,1-2H3/t5-,6+,7+,8+/m0/s1. The molecule has 0 aromatic heterocycles. The molecule has 14 heavy (non-hydrogen) atoms. The lowest BCUT2D eigenvalue weighted by atomic mass is 10.1. The lowest BCUT2D eigenvalue weighted by Gasteiger charge is -2.22. The fourth-order valence-corrected chi connectivity index (χ4v) is 1.83. The fraction of sp³-hybridized carbons (Fsp3) is 1.00. The molecule has 2 heterocycles. The Bertz CT molecular complexity index is 217. The molecular formula is C9H16O5. The lowest BCUT2D eigenvalue weighted by molar-refractivity contribution is -0.158. The highest BCUT2D eigenvalue weighted by Gasteiger charge is 2.46. The molecule has 82 valence electrons. The SMILES string of the molecule is CC1(C)OC[C@H]([C@H]2OC[C@H](O)[C@H]2O)O1. The molecule has 0 spiro atoms. The predicted molar refractivity (Wildman–Crippen MR) is 46.7 cm³/mol. The van der Waals surface area contributed by atoms with E-state index in [-0.39, 0.29) is 12.7 Å². The highest BCUT2D eigenvalue weighted by molar-refractivity contribution is 4.91. The Morgan fingerprint density at radius 2 is 1.93 bits per heavy atom. The molecule has 0 amide bonds. The molecule has 0 aliphatic carbocycles. The van der Waals surface area contributed by atoms with Gasteiger partial charge in [-0.3, -0.25) is 0 Å². The zero-order valence-corrected chi connectivity index (χ0v) is 8.34. The van der Waals surface area contributed by atoms with Crippen LogP contribution in [0.4, 0.5) is 0 Å². The third kappa shape index (κ3) is 1.78. The molecule has 4 atom stereocenters. The summed E-state index contributed by atoms with van der Waals surface area (Å²) in [5.74, 6) is -0.624. The Balaban J connectivity index is 1.97. The van der Waals surface area contributed by atoms with Crippen LogP contribution in [0.3, 0.4) is 0 Å². The second kappa shape index (κ2) is 3.43. The van der Waals surface area contributed by atoms with Gasteiger partial charge in [0.1, 0.15) is 24.4 Å². The summed E-state index contributed by atoms with van der Waals surface area (Å²) in [5, 5.41) is 18.9. The van der Waals surface area contributed by atoms with E-state index in [1.165, 1.54) is 0 Å². The molecule has 2 fully saturated rings. The Labute approximate surface area is 82.6 Å². The quantitative estimate of drug-likeness (QED) is 0.588. The zero-order valence-electron chi connectivity index (χ0n) is 8.34. The van der Waals surface area contributed by atoms with Crippen molar-refractivity contribution in [1.29, 1.82) is 0 Å². The van der Waals surface area contributed by atoms with Gasteiger partial charge in [0.15, 0.2) is 5.79 Å². The van der Waals surface area contributed by atoms with E-state index in [2.05, 4.69) is 0 Å². The second-order valence-electron chi connectivity index (χ2n) is 4.22. The molecule has 0 radical (unpaired) electrons. The van der Waals surface area contributed by atoms with Crippen molar-refractivity contribution in [2.75, 3.05) is 13.2 Å². The molecule has 2 aliphatic rings. The van der Waals surface area contributed by atoms with Gasteiger partial charge in [0, 0.05) is 0 Å². The second-order valence-corrected chi connectivity index (χ2v) is 4.22. The summed E-state index contributed by atoms with van der Waals surface area (Å²) in [7, 11) is 0. The van der Waals surface area contributed by atoms with Crippen LogP contribution in [0, 0.1) is 0 Å². The Kier molecular flexibility index (Phi) is 2.53. The minimum atomic E-state index is -0.877. The highest BCUT2D eigenvalue weighted by atomic mass is 16.8. The molecule has 0 unspecified atom stereocenters. The Morgan fingerprint density at radius 1 is 1.21 bits per heavy atom. The van der Waals surface area contributed by atoms with Crippen LogP contribution >= 0.6 is 0 Å². The van der Waals surface area contributed by atoms with Crippen molar-refractivity contribution in [3.8, 4) is 0 Å². The average molecular weight is 204 g/mol. The number of hydrogen-bond acceptors (Lipinski definition) is 5. The van der Waals surface area contributed by atoms with Gasteiger partial charge in [-0.05, 0) is 13.8 Å². The molecule has 0 saturated carbocycles. The van der Waals surface area contributed by atoms with E-state index >= 15 is 0 Å². The van der Waals surface area contributed by atoms with Gasteiger partial charge >= 0.3 is 0 Å². The van der Waals surface area contributed by atoms with E-state index in [9.17, 15) is 10.2 Å². The van der Waals surface area contributed by atoms with Crippen LogP contribution < -0.4 is 0 Å². The van der Waals surface area contributed by atoms with Gasteiger partial charge in [0.25, 0.3) is 0 Å². The van der Waals surface area contributed by atoms with Gasteiger partial charge in [-0.25, -0.2) is 0 Å². The van der Waals surface area contributed by atoms with Gasteiger partial charge in [-0.1, -0.05) is 0 Å². The summed E-state index contributed by atoms with van der Waals surface area (Å²) in [5.41, 5.74) is 0. The average Bonchev–Trinajstić information content (AvgIpc) is 2.59. The van der Waals surface area contributed by atoms with Crippen LogP contribution in [0.25, 0.3) is 0 Å². The molecule has 2 rings (SSSR count). The third-order valence-electron chi connectivity index (χ3n) is 2.59. The van der Waals surface area contributed by atoms with Crippen molar-refractivity contribution in [2.45, 2.75) is 44.1 Å². The normalized spacial score (nSPS) is 47.1. The van der Waals surface area contributed by atoms with Gasteiger partial charge in [-0.2, -0.15) is 0 Å². The maximum Gasteiger partial charge on any atom is 0.163 e. The van der Waals surface area contributed by atoms with E-state index in [4.69, 9.17) is 14.2 Å². The lowest BCUT2D eigenvalue weighted by Crippen LogP contribution is -2.40. The summed E-state index contributed by atoms with van der Waals surface area (Å²) in [6.45, 7) is 4.17. The number of rotatable bonds is 1. The molecule has 2 aliphatic heterocycles. The maximum atomic E-state index is 9.58. The zero-order chi connectivity index (χ0) is 10.3. The number of ether oxygens (including phenoxy) is 3. The smallest absolute Gasteiger partial charge is 0.163 e. The molecule has 5 heteroatoms. The van der Waals surface area contributed by atoms with E-state index < -0.39 is 24.1 Å². The van der Waals surface area contributed by atoms with Crippen LogP contribution in [0.2, 0.25) is 0 Å². The first-order valence-corrected chi connectivity index (χ1v) is 4.79. The van der Waals surface area contributed by atoms with Crippen molar-refractivity contribution in [2.24, 2.45) is 0 Å². The van der Waals surface area contributed by atoms with Crippen molar-refractivity contribution in [3.63, 3.8) is 0 Å². The predicted octanol–water partition coefficient (Wildman–Crippen LogP) is -0.742. The van der Waals surface area contributed by atoms with E-state index in [1.807, 2.05) is 13.8 Å².